The van der Waals surface area contributed by atoms with E-state index in [2.05, 4.69) is 4.90 Å². The number of aryl methyl sites for hydroxylation is 1. The Bertz CT molecular complexity index is 438. The molecule has 3 heteroatoms. The van der Waals surface area contributed by atoms with Crippen molar-refractivity contribution in [3.05, 3.63) is 35.1 Å². The van der Waals surface area contributed by atoms with E-state index < -0.39 is 6.10 Å². The van der Waals surface area contributed by atoms with Crippen LogP contribution in [0.25, 0.3) is 0 Å². The number of rotatable bonds is 4. The Morgan fingerprint density at radius 3 is 2.47 bits per heavy atom. The molecule has 2 nitrogen and oxygen atoms in total. The number of hydrogen-bond acceptors (Lipinski definition) is 2. The smallest absolute Gasteiger partial charge is 0.123 e. The highest BCUT2D eigenvalue weighted by atomic mass is 19.1. The van der Waals surface area contributed by atoms with Gasteiger partial charge in [0.25, 0.3) is 0 Å². The van der Waals surface area contributed by atoms with Crippen molar-refractivity contribution in [1.82, 2.24) is 4.90 Å². The highest BCUT2D eigenvalue weighted by molar-refractivity contribution is 5.28. The number of halogens is 1. The van der Waals surface area contributed by atoms with Crippen LogP contribution in [-0.2, 0) is 6.42 Å². The Hall–Kier alpha value is -0.930. The van der Waals surface area contributed by atoms with E-state index in [0.717, 1.165) is 24.0 Å². The second-order valence-corrected chi connectivity index (χ2v) is 6.00. The third kappa shape index (κ3) is 2.82. The normalized spacial score (nSPS) is 19.9. The maximum absolute atomic E-state index is 13.1. The van der Waals surface area contributed by atoms with Crippen LogP contribution < -0.4 is 0 Å². The molecular formula is C16H24FNO. The first-order valence-electron chi connectivity index (χ1n) is 7.06. The van der Waals surface area contributed by atoms with Gasteiger partial charge in [-0.3, -0.25) is 0 Å². The lowest BCUT2D eigenvalue weighted by Gasteiger charge is -2.40. The lowest BCUT2D eigenvalue weighted by molar-refractivity contribution is -0.00259. The lowest BCUT2D eigenvalue weighted by atomic mass is 9.84. The third-order valence-electron chi connectivity index (χ3n) is 4.70. The molecule has 0 radical (unpaired) electrons. The summed E-state index contributed by atoms with van der Waals surface area (Å²) in [5, 5.41) is 10.7. The Morgan fingerprint density at radius 1 is 1.32 bits per heavy atom. The SMILES string of the molecule is Cc1cc(F)ccc1CC(O)C1(N(C)C)CCCC1. The molecular weight excluding hydrogens is 241 g/mol. The zero-order valence-corrected chi connectivity index (χ0v) is 12.1. The summed E-state index contributed by atoms with van der Waals surface area (Å²) in [5.74, 6) is -0.209. The van der Waals surface area contributed by atoms with Gasteiger partial charge in [-0.2, -0.15) is 0 Å². The average molecular weight is 265 g/mol. The zero-order chi connectivity index (χ0) is 14.0. The molecule has 1 aromatic rings. The van der Waals surface area contributed by atoms with Crippen LogP contribution in [0, 0.1) is 12.7 Å². The van der Waals surface area contributed by atoms with Gasteiger partial charge in [0.05, 0.1) is 6.10 Å². The Kier molecular flexibility index (Phi) is 4.26. The highest BCUT2D eigenvalue weighted by Crippen LogP contribution is 2.38. The number of aliphatic hydroxyl groups excluding tert-OH is 1. The molecule has 2 rings (SSSR count). The van der Waals surface area contributed by atoms with E-state index in [-0.39, 0.29) is 11.4 Å². The molecule has 1 aromatic carbocycles. The quantitative estimate of drug-likeness (QED) is 0.905. The van der Waals surface area contributed by atoms with Crippen LogP contribution in [0.5, 0.6) is 0 Å². The minimum atomic E-state index is -0.394. The van der Waals surface area contributed by atoms with Gasteiger partial charge >= 0.3 is 0 Å². The first kappa shape index (κ1) is 14.5. The molecule has 1 aliphatic carbocycles. The van der Waals surface area contributed by atoms with E-state index in [9.17, 15) is 9.50 Å². The molecule has 106 valence electrons. The molecule has 1 aliphatic rings. The van der Waals surface area contributed by atoms with Gasteiger partial charge in [-0.1, -0.05) is 18.9 Å². The predicted molar refractivity (Wildman–Crippen MR) is 75.7 cm³/mol. The summed E-state index contributed by atoms with van der Waals surface area (Å²) >= 11 is 0. The van der Waals surface area contributed by atoms with Gasteiger partial charge in [0.2, 0.25) is 0 Å². The van der Waals surface area contributed by atoms with Crippen molar-refractivity contribution >= 4 is 0 Å². The maximum Gasteiger partial charge on any atom is 0.123 e. The van der Waals surface area contributed by atoms with Crippen molar-refractivity contribution in [2.24, 2.45) is 0 Å². The zero-order valence-electron chi connectivity index (χ0n) is 12.1. The van der Waals surface area contributed by atoms with Gasteiger partial charge in [-0.05, 0) is 57.1 Å². The highest BCUT2D eigenvalue weighted by Gasteiger charge is 2.42. The topological polar surface area (TPSA) is 23.5 Å². The van der Waals surface area contributed by atoms with Gasteiger partial charge in [-0.25, -0.2) is 4.39 Å². The van der Waals surface area contributed by atoms with E-state index in [1.54, 1.807) is 12.1 Å². The van der Waals surface area contributed by atoms with Gasteiger partial charge in [-0.15, -0.1) is 0 Å². The lowest BCUT2D eigenvalue weighted by Crippen LogP contribution is -2.52. The monoisotopic (exact) mass is 265 g/mol. The summed E-state index contributed by atoms with van der Waals surface area (Å²) < 4.78 is 13.1. The van der Waals surface area contributed by atoms with Crippen LogP contribution >= 0.6 is 0 Å². The Labute approximate surface area is 115 Å². The Morgan fingerprint density at radius 2 is 1.95 bits per heavy atom. The minimum Gasteiger partial charge on any atom is -0.391 e. The van der Waals surface area contributed by atoms with E-state index in [1.165, 1.54) is 18.9 Å². The molecule has 0 saturated heterocycles. The minimum absolute atomic E-state index is 0.110. The third-order valence-corrected chi connectivity index (χ3v) is 4.70. The molecule has 1 fully saturated rings. The van der Waals surface area contributed by atoms with Crippen molar-refractivity contribution in [2.75, 3.05) is 14.1 Å². The molecule has 19 heavy (non-hydrogen) atoms. The summed E-state index contributed by atoms with van der Waals surface area (Å²) in [7, 11) is 4.10. The fourth-order valence-electron chi connectivity index (χ4n) is 3.35. The number of likely N-dealkylation sites (N-methyl/N-ethyl adjacent to an activating group) is 1. The number of nitrogens with zero attached hydrogens (tertiary/aromatic N) is 1. The summed E-state index contributed by atoms with van der Waals surface area (Å²) in [6.07, 6.45) is 4.65. The van der Waals surface area contributed by atoms with Crippen molar-refractivity contribution < 1.29 is 9.50 Å². The molecule has 0 spiro atoms. The molecule has 0 aliphatic heterocycles. The fourth-order valence-corrected chi connectivity index (χ4v) is 3.35. The standard InChI is InChI=1S/C16H24FNO/c1-12-10-14(17)7-6-13(12)11-15(19)16(18(2)3)8-4-5-9-16/h6-7,10,15,19H,4-5,8-9,11H2,1-3H3. The van der Waals surface area contributed by atoms with Crippen molar-refractivity contribution in [3.63, 3.8) is 0 Å². The van der Waals surface area contributed by atoms with Crippen molar-refractivity contribution in [2.45, 2.75) is 50.7 Å². The van der Waals surface area contributed by atoms with Gasteiger partial charge in [0.1, 0.15) is 5.82 Å². The largest absolute Gasteiger partial charge is 0.391 e. The molecule has 0 heterocycles. The maximum atomic E-state index is 13.1. The van der Waals surface area contributed by atoms with Crippen LogP contribution in [0.4, 0.5) is 4.39 Å². The summed E-state index contributed by atoms with van der Waals surface area (Å²) in [6, 6.07) is 4.82. The molecule has 0 amide bonds. The molecule has 1 atom stereocenters. The van der Waals surface area contributed by atoms with Crippen LogP contribution in [0.15, 0.2) is 18.2 Å². The van der Waals surface area contributed by atoms with Gasteiger partial charge in [0, 0.05) is 12.0 Å². The van der Waals surface area contributed by atoms with Crippen LogP contribution in [0.3, 0.4) is 0 Å². The van der Waals surface area contributed by atoms with E-state index in [1.807, 2.05) is 21.0 Å². The first-order valence-corrected chi connectivity index (χ1v) is 7.06. The summed E-state index contributed by atoms with van der Waals surface area (Å²) in [5.41, 5.74) is 1.86. The van der Waals surface area contributed by atoms with Gasteiger partial charge < -0.3 is 10.0 Å². The van der Waals surface area contributed by atoms with E-state index in [0.29, 0.717) is 6.42 Å². The van der Waals surface area contributed by atoms with Crippen molar-refractivity contribution in [3.8, 4) is 0 Å². The average Bonchev–Trinajstić information content (AvgIpc) is 2.83. The molecule has 0 bridgehead atoms. The second-order valence-electron chi connectivity index (χ2n) is 6.00. The number of benzene rings is 1. The molecule has 1 saturated carbocycles. The van der Waals surface area contributed by atoms with Gasteiger partial charge in [0.15, 0.2) is 0 Å². The molecule has 0 aromatic heterocycles. The Balaban J connectivity index is 2.17. The number of aliphatic hydroxyl groups is 1. The van der Waals surface area contributed by atoms with E-state index in [4.69, 9.17) is 0 Å². The first-order chi connectivity index (χ1) is 8.95. The molecule has 1 N–H and O–H groups in total. The molecule has 1 unspecified atom stereocenters. The summed E-state index contributed by atoms with van der Waals surface area (Å²) in [6.45, 7) is 1.90. The second kappa shape index (κ2) is 5.59. The van der Waals surface area contributed by atoms with Crippen LogP contribution in [0.1, 0.15) is 36.8 Å². The van der Waals surface area contributed by atoms with Crippen molar-refractivity contribution in [1.29, 1.82) is 0 Å². The fraction of sp³-hybridized carbons (Fsp3) is 0.625. The van der Waals surface area contributed by atoms with Crippen LogP contribution in [0.2, 0.25) is 0 Å². The predicted octanol–water partition coefficient (Wildman–Crippen LogP) is 2.91. The van der Waals surface area contributed by atoms with Crippen LogP contribution in [-0.4, -0.2) is 35.7 Å². The number of hydrogen-bond donors (Lipinski definition) is 1. The van der Waals surface area contributed by atoms with E-state index >= 15 is 0 Å². The summed E-state index contributed by atoms with van der Waals surface area (Å²) in [4.78, 5) is 2.17.